The minimum Gasteiger partial charge on any atom is -0.0653 e. The second-order valence-corrected chi connectivity index (χ2v) is 4.76. The van der Waals surface area contributed by atoms with Gasteiger partial charge in [-0.25, -0.2) is 0 Å². The van der Waals surface area contributed by atoms with Crippen LogP contribution in [0.5, 0.6) is 0 Å². The molecule has 0 aromatic heterocycles. The highest BCUT2D eigenvalue weighted by molar-refractivity contribution is 5.49. The SMILES string of the molecule is CCCC1C(CC)=C(CC)C(CC)=C1CC. The molecule has 0 saturated heterocycles. The van der Waals surface area contributed by atoms with E-state index in [-0.39, 0.29) is 0 Å². The van der Waals surface area contributed by atoms with E-state index in [4.69, 9.17) is 0 Å². The molecule has 0 atom stereocenters. The van der Waals surface area contributed by atoms with Gasteiger partial charge < -0.3 is 0 Å². The van der Waals surface area contributed by atoms with Crippen LogP contribution in [-0.2, 0) is 0 Å². The molecule has 0 amide bonds. The standard InChI is InChI=1S/C16H28/c1-6-11-16-14(9-4)12(7-2)13(8-3)15(16)10-5/h16H,6-11H2,1-5H3. The van der Waals surface area contributed by atoms with Crippen LogP contribution in [0.15, 0.2) is 22.3 Å². The van der Waals surface area contributed by atoms with Crippen LogP contribution in [0.1, 0.15) is 73.1 Å². The van der Waals surface area contributed by atoms with Gasteiger partial charge in [-0.05, 0) is 43.3 Å². The molecule has 1 rings (SSSR count). The lowest BCUT2D eigenvalue weighted by atomic mass is 9.87. The Morgan fingerprint density at radius 3 is 1.38 bits per heavy atom. The zero-order chi connectivity index (χ0) is 12.1. The van der Waals surface area contributed by atoms with E-state index >= 15 is 0 Å². The highest BCUT2D eigenvalue weighted by Gasteiger charge is 2.28. The second-order valence-electron chi connectivity index (χ2n) is 4.76. The van der Waals surface area contributed by atoms with Crippen molar-refractivity contribution in [3.05, 3.63) is 22.3 Å². The monoisotopic (exact) mass is 220 g/mol. The minimum absolute atomic E-state index is 0.796. The Labute approximate surface area is 102 Å². The topological polar surface area (TPSA) is 0 Å². The fraction of sp³-hybridized carbons (Fsp3) is 0.750. The van der Waals surface area contributed by atoms with Crippen molar-refractivity contribution in [2.45, 2.75) is 73.1 Å². The first-order valence-corrected chi connectivity index (χ1v) is 7.19. The molecule has 0 saturated carbocycles. The predicted molar refractivity (Wildman–Crippen MR) is 73.6 cm³/mol. The molecule has 0 heteroatoms. The molecule has 92 valence electrons. The molecule has 0 N–H and O–H groups in total. The van der Waals surface area contributed by atoms with Gasteiger partial charge in [0.25, 0.3) is 0 Å². The Hall–Kier alpha value is -0.520. The largest absolute Gasteiger partial charge is 0.0653 e. The van der Waals surface area contributed by atoms with Crippen molar-refractivity contribution in [2.75, 3.05) is 0 Å². The summed E-state index contributed by atoms with van der Waals surface area (Å²) in [6, 6.07) is 0. The molecule has 0 fully saturated rings. The van der Waals surface area contributed by atoms with Crippen molar-refractivity contribution in [3.8, 4) is 0 Å². The third-order valence-corrected chi connectivity index (χ3v) is 4.03. The van der Waals surface area contributed by atoms with Crippen LogP contribution in [0.4, 0.5) is 0 Å². The molecule has 16 heavy (non-hydrogen) atoms. The summed E-state index contributed by atoms with van der Waals surface area (Å²) >= 11 is 0. The second kappa shape index (κ2) is 6.27. The van der Waals surface area contributed by atoms with Gasteiger partial charge in [0, 0.05) is 5.92 Å². The third-order valence-electron chi connectivity index (χ3n) is 4.03. The van der Waals surface area contributed by atoms with Crippen LogP contribution in [-0.4, -0.2) is 0 Å². The summed E-state index contributed by atoms with van der Waals surface area (Å²) < 4.78 is 0. The lowest BCUT2D eigenvalue weighted by Gasteiger charge is -2.17. The fourth-order valence-electron chi connectivity index (χ4n) is 3.46. The molecule has 0 bridgehead atoms. The third kappa shape index (κ3) is 2.26. The zero-order valence-electron chi connectivity index (χ0n) is 11.8. The van der Waals surface area contributed by atoms with Crippen LogP contribution in [0, 0.1) is 5.92 Å². The van der Waals surface area contributed by atoms with Gasteiger partial charge in [-0.2, -0.15) is 0 Å². The molecule has 1 aliphatic carbocycles. The van der Waals surface area contributed by atoms with E-state index in [0.717, 1.165) is 5.92 Å². The quantitative estimate of drug-likeness (QED) is 0.542. The van der Waals surface area contributed by atoms with Gasteiger partial charge in [0.2, 0.25) is 0 Å². The molecule has 0 radical (unpaired) electrons. The van der Waals surface area contributed by atoms with Crippen LogP contribution in [0.3, 0.4) is 0 Å². The van der Waals surface area contributed by atoms with E-state index in [1.165, 1.54) is 38.5 Å². The maximum absolute atomic E-state index is 2.33. The molecule has 0 aromatic carbocycles. The van der Waals surface area contributed by atoms with Crippen molar-refractivity contribution >= 4 is 0 Å². The maximum atomic E-state index is 2.33. The molecule has 1 aliphatic rings. The molecular weight excluding hydrogens is 192 g/mol. The van der Waals surface area contributed by atoms with E-state index in [1.807, 2.05) is 0 Å². The number of allylic oxidation sites excluding steroid dienone is 4. The van der Waals surface area contributed by atoms with Gasteiger partial charge in [0.1, 0.15) is 0 Å². The maximum Gasteiger partial charge on any atom is 0.00185 e. The Kier molecular flexibility index (Phi) is 5.31. The molecule has 0 aliphatic heterocycles. The van der Waals surface area contributed by atoms with Crippen molar-refractivity contribution in [1.82, 2.24) is 0 Å². The molecule has 0 nitrogen and oxygen atoms in total. The number of rotatable bonds is 6. The number of hydrogen-bond donors (Lipinski definition) is 0. The first-order chi connectivity index (χ1) is 7.74. The first-order valence-electron chi connectivity index (χ1n) is 7.19. The molecule has 0 unspecified atom stereocenters. The van der Waals surface area contributed by atoms with E-state index in [9.17, 15) is 0 Å². The van der Waals surface area contributed by atoms with Gasteiger partial charge >= 0.3 is 0 Å². The van der Waals surface area contributed by atoms with Crippen molar-refractivity contribution in [1.29, 1.82) is 0 Å². The molecular formula is C16H28. The summed E-state index contributed by atoms with van der Waals surface area (Å²) in [6.45, 7) is 11.6. The average Bonchev–Trinajstić information content (AvgIpc) is 2.61. The zero-order valence-corrected chi connectivity index (χ0v) is 11.8. The Balaban J connectivity index is 3.14. The minimum atomic E-state index is 0.796. The van der Waals surface area contributed by atoms with Gasteiger partial charge in [-0.3, -0.25) is 0 Å². The Morgan fingerprint density at radius 1 is 0.688 bits per heavy atom. The van der Waals surface area contributed by atoms with E-state index in [2.05, 4.69) is 34.6 Å². The summed E-state index contributed by atoms with van der Waals surface area (Å²) in [5.74, 6) is 0.796. The summed E-state index contributed by atoms with van der Waals surface area (Å²) in [4.78, 5) is 0. The van der Waals surface area contributed by atoms with E-state index in [0.29, 0.717) is 0 Å². The van der Waals surface area contributed by atoms with Crippen LogP contribution in [0.2, 0.25) is 0 Å². The summed E-state index contributed by atoms with van der Waals surface area (Å²) in [5, 5.41) is 0. The van der Waals surface area contributed by atoms with Gasteiger partial charge in [0.05, 0.1) is 0 Å². The van der Waals surface area contributed by atoms with Gasteiger partial charge in [-0.15, -0.1) is 0 Å². The van der Waals surface area contributed by atoms with E-state index in [1.54, 1.807) is 22.3 Å². The van der Waals surface area contributed by atoms with Crippen molar-refractivity contribution in [2.24, 2.45) is 5.92 Å². The fourth-order valence-corrected chi connectivity index (χ4v) is 3.46. The normalized spacial score (nSPS) is 17.8. The van der Waals surface area contributed by atoms with Crippen LogP contribution in [0.25, 0.3) is 0 Å². The van der Waals surface area contributed by atoms with Crippen LogP contribution >= 0.6 is 0 Å². The Bertz CT molecular complexity index is 263. The smallest absolute Gasteiger partial charge is 0.00185 e. The Morgan fingerprint density at radius 2 is 1.12 bits per heavy atom. The van der Waals surface area contributed by atoms with Crippen LogP contribution < -0.4 is 0 Å². The van der Waals surface area contributed by atoms with Crippen molar-refractivity contribution < 1.29 is 0 Å². The summed E-state index contributed by atoms with van der Waals surface area (Å²) in [5.41, 5.74) is 6.94. The first kappa shape index (κ1) is 13.5. The highest BCUT2D eigenvalue weighted by Crippen LogP contribution is 2.45. The predicted octanol–water partition coefficient (Wildman–Crippen LogP) is 5.65. The lowest BCUT2D eigenvalue weighted by molar-refractivity contribution is 0.601. The van der Waals surface area contributed by atoms with Gasteiger partial charge in [0.15, 0.2) is 0 Å². The number of hydrogen-bond acceptors (Lipinski definition) is 0. The highest BCUT2D eigenvalue weighted by atomic mass is 14.3. The van der Waals surface area contributed by atoms with Gasteiger partial charge in [-0.1, -0.05) is 52.2 Å². The summed E-state index contributed by atoms with van der Waals surface area (Å²) in [7, 11) is 0. The lowest BCUT2D eigenvalue weighted by Crippen LogP contribution is -2.03. The van der Waals surface area contributed by atoms with E-state index < -0.39 is 0 Å². The molecule has 0 aromatic rings. The average molecular weight is 220 g/mol. The molecule has 0 spiro atoms. The molecule has 0 heterocycles. The van der Waals surface area contributed by atoms with Crippen molar-refractivity contribution in [3.63, 3.8) is 0 Å². The summed E-state index contributed by atoms with van der Waals surface area (Å²) in [6.07, 6.45) is 7.64.